The number of carbonyl (C=O) groups excluding carboxylic acids is 2. The highest BCUT2D eigenvalue weighted by Crippen LogP contribution is 2.60. The number of methoxy groups -OCH3 is 1. The number of carbonyl (C=O) groups is 2. The van der Waals surface area contributed by atoms with Crippen LogP contribution in [0.4, 0.5) is 0 Å². The van der Waals surface area contributed by atoms with E-state index in [0.29, 0.717) is 12.0 Å². The third-order valence-electron chi connectivity index (χ3n) is 4.02. The minimum Gasteiger partial charge on any atom is -0.467 e. The molecule has 1 unspecified atom stereocenters. The van der Waals surface area contributed by atoms with Crippen LogP contribution >= 0.6 is 0 Å². The molecule has 2 saturated carbocycles. The third-order valence-corrected chi connectivity index (χ3v) is 4.02. The van der Waals surface area contributed by atoms with Crippen LogP contribution in [0.3, 0.4) is 0 Å². The fourth-order valence-electron chi connectivity index (χ4n) is 2.63. The molecule has 0 spiro atoms. The second-order valence-electron chi connectivity index (χ2n) is 5.54. The van der Waals surface area contributed by atoms with E-state index in [0.717, 1.165) is 12.5 Å². The topological polar surface area (TPSA) is 67.4 Å². The van der Waals surface area contributed by atoms with Gasteiger partial charge in [0.25, 0.3) is 0 Å². The van der Waals surface area contributed by atoms with Gasteiger partial charge in [0.2, 0.25) is 5.91 Å². The van der Waals surface area contributed by atoms with Gasteiger partial charge in [-0.2, -0.15) is 0 Å². The number of nitrogens with one attached hydrogen (secondary N) is 2. The van der Waals surface area contributed by atoms with Gasteiger partial charge >= 0.3 is 5.97 Å². The van der Waals surface area contributed by atoms with Gasteiger partial charge in [-0.1, -0.05) is 0 Å². The lowest BCUT2D eigenvalue weighted by atomic mass is 10.0. The Balaban J connectivity index is 1.74. The van der Waals surface area contributed by atoms with Gasteiger partial charge < -0.3 is 15.4 Å². The normalized spacial score (nSPS) is 22.1. The van der Waals surface area contributed by atoms with Crippen molar-refractivity contribution < 1.29 is 14.3 Å². The zero-order valence-corrected chi connectivity index (χ0v) is 11.1. The van der Waals surface area contributed by atoms with Crippen LogP contribution in [-0.2, 0) is 14.3 Å². The van der Waals surface area contributed by atoms with E-state index in [-0.39, 0.29) is 5.91 Å². The quantitative estimate of drug-likeness (QED) is 0.647. The van der Waals surface area contributed by atoms with E-state index in [1.165, 1.54) is 39.7 Å². The van der Waals surface area contributed by atoms with E-state index in [9.17, 15) is 9.59 Å². The molecule has 1 amide bonds. The molecular weight excluding hydrogens is 232 g/mol. The summed E-state index contributed by atoms with van der Waals surface area (Å²) in [6.45, 7) is 2.80. The van der Waals surface area contributed by atoms with Gasteiger partial charge in [0, 0.05) is 20.0 Å². The van der Waals surface area contributed by atoms with Crippen LogP contribution in [0.5, 0.6) is 0 Å². The molecule has 18 heavy (non-hydrogen) atoms. The fourth-order valence-corrected chi connectivity index (χ4v) is 2.63. The number of hydrogen-bond donors (Lipinski definition) is 2. The Morgan fingerprint density at radius 1 is 1.39 bits per heavy atom. The maximum atomic E-state index is 11.5. The molecule has 2 rings (SSSR count). The predicted molar refractivity (Wildman–Crippen MR) is 66.9 cm³/mol. The molecule has 102 valence electrons. The second-order valence-corrected chi connectivity index (χ2v) is 5.54. The summed E-state index contributed by atoms with van der Waals surface area (Å²) in [5.41, 5.74) is 0.497. The summed E-state index contributed by atoms with van der Waals surface area (Å²) >= 11 is 0. The highest BCUT2D eigenvalue weighted by molar-refractivity contribution is 5.83. The minimum absolute atomic E-state index is 0.212. The van der Waals surface area contributed by atoms with Crippen LogP contribution in [0.25, 0.3) is 0 Å². The first kappa shape index (κ1) is 13.3. The molecule has 1 atom stereocenters. The lowest BCUT2D eigenvalue weighted by Crippen LogP contribution is -2.48. The summed E-state index contributed by atoms with van der Waals surface area (Å²) in [6.07, 6.45) is 5.31. The molecule has 0 bridgehead atoms. The van der Waals surface area contributed by atoms with Crippen LogP contribution < -0.4 is 10.6 Å². The van der Waals surface area contributed by atoms with Crippen molar-refractivity contribution in [3.05, 3.63) is 0 Å². The van der Waals surface area contributed by atoms with E-state index in [1.54, 1.807) is 0 Å². The van der Waals surface area contributed by atoms with Crippen molar-refractivity contribution in [3.63, 3.8) is 0 Å². The fraction of sp³-hybridized carbons (Fsp3) is 0.846. The Morgan fingerprint density at radius 2 is 2.06 bits per heavy atom. The average molecular weight is 254 g/mol. The first-order valence-electron chi connectivity index (χ1n) is 6.63. The van der Waals surface area contributed by atoms with Crippen molar-refractivity contribution in [1.82, 2.24) is 10.6 Å². The highest BCUT2D eigenvalue weighted by atomic mass is 16.5. The molecule has 0 aromatic rings. The summed E-state index contributed by atoms with van der Waals surface area (Å²) in [5, 5.41) is 5.92. The Hall–Kier alpha value is -1.10. The molecule has 5 heteroatoms. The Morgan fingerprint density at radius 3 is 2.50 bits per heavy atom. The van der Waals surface area contributed by atoms with Crippen LogP contribution in [0.15, 0.2) is 0 Å². The third kappa shape index (κ3) is 3.22. The summed E-state index contributed by atoms with van der Waals surface area (Å²) in [4.78, 5) is 22.5. The standard InChI is InChI=1S/C13H22N2O3/c1-9(16)15-11(12(17)18-2)7-14-8-13(5-6-13)10-3-4-10/h10-11,14H,3-8H2,1-2H3,(H,15,16). The summed E-state index contributed by atoms with van der Waals surface area (Å²) in [7, 11) is 1.34. The van der Waals surface area contributed by atoms with E-state index >= 15 is 0 Å². The summed E-state index contributed by atoms with van der Waals surface area (Å²) in [6, 6.07) is -0.581. The van der Waals surface area contributed by atoms with E-state index in [2.05, 4.69) is 15.4 Å². The molecular formula is C13H22N2O3. The molecule has 0 saturated heterocycles. The van der Waals surface area contributed by atoms with Crippen molar-refractivity contribution in [1.29, 1.82) is 0 Å². The van der Waals surface area contributed by atoms with Crippen LogP contribution in [0, 0.1) is 11.3 Å². The Labute approximate surface area is 108 Å². The molecule has 0 aromatic heterocycles. The monoisotopic (exact) mass is 254 g/mol. The smallest absolute Gasteiger partial charge is 0.329 e. The van der Waals surface area contributed by atoms with Gasteiger partial charge in [-0.15, -0.1) is 0 Å². The van der Waals surface area contributed by atoms with Gasteiger partial charge in [0.15, 0.2) is 0 Å². The van der Waals surface area contributed by atoms with E-state index in [1.807, 2.05) is 0 Å². The van der Waals surface area contributed by atoms with Gasteiger partial charge in [0.1, 0.15) is 6.04 Å². The van der Waals surface area contributed by atoms with E-state index in [4.69, 9.17) is 0 Å². The predicted octanol–water partition coefficient (Wildman–Crippen LogP) is 0.444. The van der Waals surface area contributed by atoms with Crippen molar-refractivity contribution in [2.75, 3.05) is 20.2 Å². The maximum Gasteiger partial charge on any atom is 0.329 e. The first-order valence-corrected chi connectivity index (χ1v) is 6.63. The SMILES string of the molecule is COC(=O)C(CNCC1(C2CC2)CC1)NC(C)=O. The maximum absolute atomic E-state index is 11.5. The molecule has 2 N–H and O–H groups in total. The Kier molecular flexibility index (Phi) is 3.90. The molecule has 2 aliphatic rings. The van der Waals surface area contributed by atoms with Crippen molar-refractivity contribution in [2.45, 2.75) is 38.6 Å². The summed E-state index contributed by atoms with van der Waals surface area (Å²) < 4.78 is 4.68. The van der Waals surface area contributed by atoms with Gasteiger partial charge in [-0.25, -0.2) is 4.79 Å². The first-order chi connectivity index (χ1) is 8.57. The zero-order valence-electron chi connectivity index (χ0n) is 11.1. The molecule has 0 aromatic carbocycles. The molecule has 5 nitrogen and oxygen atoms in total. The van der Waals surface area contributed by atoms with Crippen molar-refractivity contribution in [3.8, 4) is 0 Å². The van der Waals surface area contributed by atoms with Gasteiger partial charge in [-0.05, 0) is 37.0 Å². The van der Waals surface area contributed by atoms with Crippen molar-refractivity contribution >= 4 is 11.9 Å². The van der Waals surface area contributed by atoms with Crippen LogP contribution in [0.2, 0.25) is 0 Å². The highest BCUT2D eigenvalue weighted by Gasteiger charge is 2.53. The minimum atomic E-state index is -0.581. The molecule has 0 heterocycles. The lowest BCUT2D eigenvalue weighted by molar-refractivity contribution is -0.144. The number of esters is 1. The number of amides is 1. The average Bonchev–Trinajstić information content (AvgIpc) is 3.16. The number of hydrogen-bond acceptors (Lipinski definition) is 4. The largest absolute Gasteiger partial charge is 0.467 e. The second kappa shape index (κ2) is 5.26. The van der Waals surface area contributed by atoms with Crippen molar-refractivity contribution in [2.24, 2.45) is 11.3 Å². The number of rotatable bonds is 7. The zero-order chi connectivity index (χ0) is 13.2. The lowest BCUT2D eigenvalue weighted by Gasteiger charge is -2.19. The number of ether oxygens (including phenoxy) is 1. The Bertz CT molecular complexity index is 335. The van der Waals surface area contributed by atoms with Crippen LogP contribution in [0.1, 0.15) is 32.6 Å². The van der Waals surface area contributed by atoms with Crippen LogP contribution in [-0.4, -0.2) is 38.1 Å². The van der Waals surface area contributed by atoms with Gasteiger partial charge in [-0.3, -0.25) is 4.79 Å². The molecule has 0 aliphatic heterocycles. The molecule has 2 fully saturated rings. The summed E-state index contributed by atoms with van der Waals surface area (Å²) in [5.74, 6) is 0.284. The molecule has 2 aliphatic carbocycles. The van der Waals surface area contributed by atoms with Gasteiger partial charge in [0.05, 0.1) is 7.11 Å². The molecule has 0 radical (unpaired) electrons. The van der Waals surface area contributed by atoms with E-state index < -0.39 is 12.0 Å².